The number of nitrogens with zero attached hydrogens (tertiary/aromatic N) is 5. The maximum absolute atomic E-state index is 9.19. The van der Waals surface area contributed by atoms with Gasteiger partial charge in [-0.05, 0) is 24.1 Å². The van der Waals surface area contributed by atoms with Crippen LogP contribution in [0.4, 0.5) is 0 Å². The van der Waals surface area contributed by atoms with Crippen molar-refractivity contribution in [3.8, 4) is 6.07 Å². The summed E-state index contributed by atoms with van der Waals surface area (Å²) in [6.45, 7) is 0.646. The highest BCUT2D eigenvalue weighted by Crippen LogP contribution is 2.25. The predicted octanol–water partition coefficient (Wildman–Crippen LogP) is 2.98. The summed E-state index contributed by atoms with van der Waals surface area (Å²) in [5.74, 6) is 0.0864. The van der Waals surface area contributed by atoms with Gasteiger partial charge in [-0.15, -0.1) is 0 Å². The van der Waals surface area contributed by atoms with Gasteiger partial charge in [-0.3, -0.25) is 0 Å². The zero-order valence-electron chi connectivity index (χ0n) is 12.6. The van der Waals surface area contributed by atoms with Gasteiger partial charge in [-0.25, -0.2) is 9.97 Å². The van der Waals surface area contributed by atoms with Gasteiger partial charge in [0.2, 0.25) is 5.82 Å². The molecule has 8 heteroatoms. The maximum Gasteiger partial charge on any atom is 0.234 e. The number of benzene rings is 1. The third kappa shape index (κ3) is 3.34. The van der Waals surface area contributed by atoms with E-state index >= 15 is 0 Å². The SMILES string of the molecule is N#Cc1nc(Cc2ccc(Cl)c(Cl)c2)c2ncn(CCCO)c2n1. The number of halogens is 2. The van der Waals surface area contributed by atoms with E-state index < -0.39 is 0 Å². The number of nitriles is 1. The fraction of sp³-hybridized carbons (Fsp3) is 0.250. The molecule has 1 aromatic carbocycles. The monoisotopic (exact) mass is 361 g/mol. The molecule has 122 valence electrons. The van der Waals surface area contributed by atoms with Crippen molar-refractivity contribution in [1.29, 1.82) is 5.26 Å². The first-order valence-corrected chi connectivity index (χ1v) is 8.04. The van der Waals surface area contributed by atoms with E-state index in [0.717, 1.165) is 5.56 Å². The zero-order valence-corrected chi connectivity index (χ0v) is 14.1. The van der Waals surface area contributed by atoms with Gasteiger partial charge in [0.15, 0.2) is 5.65 Å². The van der Waals surface area contributed by atoms with Gasteiger partial charge in [0.05, 0.1) is 22.1 Å². The molecule has 0 atom stereocenters. The molecule has 0 aliphatic carbocycles. The Morgan fingerprint density at radius 1 is 1.21 bits per heavy atom. The van der Waals surface area contributed by atoms with Crippen molar-refractivity contribution in [1.82, 2.24) is 19.5 Å². The van der Waals surface area contributed by atoms with Crippen LogP contribution in [0.5, 0.6) is 0 Å². The highest BCUT2D eigenvalue weighted by atomic mass is 35.5. The second kappa shape index (κ2) is 7.14. The summed E-state index contributed by atoms with van der Waals surface area (Å²) in [5.41, 5.74) is 2.79. The molecule has 0 spiro atoms. The molecule has 6 nitrogen and oxygen atoms in total. The van der Waals surface area contributed by atoms with E-state index in [1.807, 2.05) is 16.7 Å². The number of aryl methyl sites for hydroxylation is 1. The van der Waals surface area contributed by atoms with Crippen molar-refractivity contribution in [2.75, 3.05) is 6.61 Å². The molecule has 3 aromatic rings. The van der Waals surface area contributed by atoms with Crippen LogP contribution in [0, 0.1) is 11.3 Å². The van der Waals surface area contributed by atoms with Gasteiger partial charge in [0, 0.05) is 19.6 Å². The van der Waals surface area contributed by atoms with Gasteiger partial charge in [-0.1, -0.05) is 29.3 Å². The molecule has 24 heavy (non-hydrogen) atoms. The average Bonchev–Trinajstić information content (AvgIpc) is 2.99. The highest BCUT2D eigenvalue weighted by molar-refractivity contribution is 6.42. The van der Waals surface area contributed by atoms with Crippen LogP contribution < -0.4 is 0 Å². The molecular weight excluding hydrogens is 349 g/mol. The Hall–Kier alpha value is -2.20. The van der Waals surface area contributed by atoms with Crippen LogP contribution in [0.25, 0.3) is 11.2 Å². The lowest BCUT2D eigenvalue weighted by molar-refractivity contribution is 0.280. The van der Waals surface area contributed by atoms with E-state index in [1.165, 1.54) is 0 Å². The van der Waals surface area contributed by atoms with Gasteiger partial charge >= 0.3 is 0 Å². The van der Waals surface area contributed by atoms with E-state index in [2.05, 4.69) is 15.0 Å². The standard InChI is InChI=1S/C16H13Cl2N5O/c17-11-3-2-10(6-12(11)18)7-13-15-16(22-14(8-19)21-13)23(9-20-15)4-1-5-24/h2-3,6,9,24H,1,4-5,7H2. The van der Waals surface area contributed by atoms with Gasteiger partial charge in [0.1, 0.15) is 11.6 Å². The van der Waals surface area contributed by atoms with Gasteiger partial charge in [-0.2, -0.15) is 10.2 Å². The first-order chi connectivity index (χ1) is 11.6. The molecule has 0 saturated carbocycles. The third-order valence-corrected chi connectivity index (χ3v) is 4.29. The Labute approximate surface area is 148 Å². The maximum atomic E-state index is 9.19. The Morgan fingerprint density at radius 3 is 2.75 bits per heavy atom. The molecule has 3 rings (SSSR count). The molecule has 0 aliphatic heterocycles. The number of aliphatic hydroxyl groups excluding tert-OH is 1. The van der Waals surface area contributed by atoms with Crippen LogP contribution in [-0.4, -0.2) is 31.2 Å². The number of hydrogen-bond donors (Lipinski definition) is 1. The number of rotatable bonds is 5. The Balaban J connectivity index is 2.04. The minimum Gasteiger partial charge on any atom is -0.396 e. The molecule has 0 fully saturated rings. The van der Waals surface area contributed by atoms with Crippen molar-refractivity contribution in [3.05, 3.63) is 51.7 Å². The lowest BCUT2D eigenvalue weighted by atomic mass is 10.1. The molecule has 0 bridgehead atoms. The highest BCUT2D eigenvalue weighted by Gasteiger charge is 2.14. The molecular formula is C16H13Cl2N5O. The summed E-state index contributed by atoms with van der Waals surface area (Å²) in [6, 6.07) is 7.33. The summed E-state index contributed by atoms with van der Waals surface area (Å²) >= 11 is 12.0. The molecule has 2 heterocycles. The summed E-state index contributed by atoms with van der Waals surface area (Å²) in [4.78, 5) is 12.9. The molecule has 0 aliphatic rings. The minimum absolute atomic E-state index is 0.0754. The van der Waals surface area contributed by atoms with Crippen molar-refractivity contribution in [2.24, 2.45) is 0 Å². The van der Waals surface area contributed by atoms with Crippen LogP contribution >= 0.6 is 23.2 Å². The van der Waals surface area contributed by atoms with Crippen molar-refractivity contribution in [2.45, 2.75) is 19.4 Å². The average molecular weight is 362 g/mol. The molecule has 0 unspecified atom stereocenters. The summed E-state index contributed by atoms with van der Waals surface area (Å²) in [6.07, 6.45) is 2.69. The zero-order chi connectivity index (χ0) is 17.1. The van der Waals surface area contributed by atoms with Crippen LogP contribution in [0.2, 0.25) is 10.0 Å². The Bertz CT molecular complexity index is 932. The molecule has 0 saturated heterocycles. The van der Waals surface area contributed by atoms with Crippen molar-refractivity contribution >= 4 is 34.4 Å². The second-order valence-corrected chi connectivity index (χ2v) is 6.03. The minimum atomic E-state index is 0.0754. The molecule has 0 radical (unpaired) electrons. The van der Waals surface area contributed by atoms with Crippen molar-refractivity contribution < 1.29 is 5.11 Å². The van der Waals surface area contributed by atoms with Crippen LogP contribution in [0.3, 0.4) is 0 Å². The third-order valence-electron chi connectivity index (χ3n) is 3.55. The lowest BCUT2D eigenvalue weighted by Crippen LogP contribution is -2.04. The Kier molecular flexibility index (Phi) is 4.95. The largest absolute Gasteiger partial charge is 0.396 e. The topological polar surface area (TPSA) is 87.6 Å². The Morgan fingerprint density at radius 2 is 2.04 bits per heavy atom. The smallest absolute Gasteiger partial charge is 0.234 e. The van der Waals surface area contributed by atoms with E-state index in [1.54, 1.807) is 18.5 Å². The molecule has 0 amide bonds. The van der Waals surface area contributed by atoms with Gasteiger partial charge < -0.3 is 9.67 Å². The van der Waals surface area contributed by atoms with Gasteiger partial charge in [0.25, 0.3) is 0 Å². The second-order valence-electron chi connectivity index (χ2n) is 5.22. The molecule has 1 N–H and O–H groups in total. The van der Waals surface area contributed by atoms with E-state index in [0.29, 0.717) is 46.3 Å². The first kappa shape index (κ1) is 16.7. The summed E-state index contributed by atoms with van der Waals surface area (Å²) < 4.78 is 1.81. The predicted molar refractivity (Wildman–Crippen MR) is 91.0 cm³/mol. The number of aliphatic hydroxyl groups is 1. The van der Waals surface area contributed by atoms with Crippen LogP contribution in [-0.2, 0) is 13.0 Å². The summed E-state index contributed by atoms with van der Waals surface area (Å²) in [5, 5.41) is 19.1. The van der Waals surface area contributed by atoms with Crippen LogP contribution in [0.15, 0.2) is 24.5 Å². The fourth-order valence-corrected chi connectivity index (χ4v) is 2.74. The van der Waals surface area contributed by atoms with Crippen molar-refractivity contribution in [3.63, 3.8) is 0 Å². The number of hydrogen-bond acceptors (Lipinski definition) is 5. The normalized spacial score (nSPS) is 10.9. The fourth-order valence-electron chi connectivity index (χ4n) is 2.42. The molecule has 2 aromatic heterocycles. The first-order valence-electron chi connectivity index (χ1n) is 7.29. The van der Waals surface area contributed by atoms with E-state index in [-0.39, 0.29) is 12.4 Å². The van der Waals surface area contributed by atoms with E-state index in [9.17, 15) is 5.26 Å². The number of aromatic nitrogens is 4. The number of imidazole rings is 1. The van der Waals surface area contributed by atoms with E-state index in [4.69, 9.17) is 28.3 Å². The quantitative estimate of drug-likeness (QED) is 0.754. The summed E-state index contributed by atoms with van der Waals surface area (Å²) in [7, 11) is 0. The lowest BCUT2D eigenvalue weighted by Gasteiger charge is -2.06. The number of fused-ring (bicyclic) bond motifs is 1. The van der Waals surface area contributed by atoms with Crippen LogP contribution in [0.1, 0.15) is 23.5 Å².